The highest BCUT2D eigenvalue weighted by Crippen LogP contribution is 2.30. The number of hydrogen-bond acceptors (Lipinski definition) is 5. The fourth-order valence-corrected chi connectivity index (χ4v) is 4.00. The van der Waals surface area contributed by atoms with Crippen LogP contribution in [0.25, 0.3) is 0 Å². The van der Waals surface area contributed by atoms with E-state index in [0.717, 1.165) is 4.90 Å². The predicted octanol–water partition coefficient (Wildman–Crippen LogP) is 4.60. The topological polar surface area (TPSA) is 88.2 Å². The molecule has 1 atom stereocenters. The maximum absolute atomic E-state index is 13.8. The molecule has 1 unspecified atom stereocenters. The lowest BCUT2D eigenvalue weighted by molar-refractivity contribution is -0.124. The Morgan fingerprint density at radius 2 is 1.69 bits per heavy atom. The molecule has 0 spiro atoms. The van der Waals surface area contributed by atoms with Gasteiger partial charge in [0.15, 0.2) is 0 Å². The van der Waals surface area contributed by atoms with Crippen LogP contribution >= 0.6 is 0 Å². The van der Waals surface area contributed by atoms with Crippen LogP contribution in [-0.2, 0) is 16.1 Å². The molecule has 9 heteroatoms. The van der Waals surface area contributed by atoms with Crippen molar-refractivity contribution >= 4 is 29.2 Å². The number of amides is 4. The molecule has 1 fully saturated rings. The second kappa shape index (κ2) is 10.9. The molecule has 1 N–H and O–H groups in total. The van der Waals surface area contributed by atoms with Crippen molar-refractivity contribution in [1.29, 1.82) is 0 Å². The Morgan fingerprint density at radius 1 is 1.00 bits per heavy atom. The van der Waals surface area contributed by atoms with E-state index in [1.165, 1.54) is 30.2 Å². The van der Waals surface area contributed by atoms with E-state index >= 15 is 0 Å². The fourth-order valence-electron chi connectivity index (χ4n) is 4.00. The van der Waals surface area contributed by atoms with E-state index in [9.17, 15) is 18.8 Å². The molecule has 0 bridgehead atoms. The molecule has 8 nitrogen and oxygen atoms in total. The average Bonchev–Trinajstić information content (AvgIpc) is 3.09. The van der Waals surface area contributed by atoms with E-state index in [1.54, 1.807) is 54.6 Å². The van der Waals surface area contributed by atoms with Crippen LogP contribution in [0.15, 0.2) is 72.8 Å². The van der Waals surface area contributed by atoms with E-state index in [0.29, 0.717) is 35.0 Å². The number of ether oxygens (including phenoxy) is 2. The maximum Gasteiger partial charge on any atom is 0.332 e. The zero-order chi connectivity index (χ0) is 25.7. The van der Waals surface area contributed by atoms with Gasteiger partial charge in [-0.05, 0) is 73.2 Å². The van der Waals surface area contributed by atoms with Gasteiger partial charge in [0.2, 0.25) is 5.91 Å². The summed E-state index contributed by atoms with van der Waals surface area (Å²) in [6, 6.07) is 17.4. The van der Waals surface area contributed by atoms with Gasteiger partial charge >= 0.3 is 6.03 Å². The van der Waals surface area contributed by atoms with Gasteiger partial charge in [-0.2, -0.15) is 0 Å². The number of carbonyl (C=O) groups excluding carboxylic acids is 3. The van der Waals surface area contributed by atoms with Gasteiger partial charge in [-0.3, -0.25) is 9.59 Å². The molecule has 1 aliphatic heterocycles. The number of carbonyl (C=O) groups is 3. The third kappa shape index (κ3) is 5.46. The maximum atomic E-state index is 13.8. The summed E-state index contributed by atoms with van der Waals surface area (Å²) in [6.07, 6.45) is -0.264. The van der Waals surface area contributed by atoms with Crippen molar-refractivity contribution < 1.29 is 28.2 Å². The highest BCUT2D eigenvalue weighted by Gasteiger charge is 2.46. The molecule has 0 aromatic heterocycles. The largest absolute Gasteiger partial charge is 0.497 e. The lowest BCUT2D eigenvalue weighted by Crippen LogP contribution is -2.37. The summed E-state index contributed by atoms with van der Waals surface area (Å²) >= 11 is 0. The van der Waals surface area contributed by atoms with Gasteiger partial charge in [-0.25, -0.2) is 14.1 Å². The summed E-state index contributed by atoms with van der Waals surface area (Å²) in [7, 11) is 1.51. The van der Waals surface area contributed by atoms with Crippen LogP contribution < -0.4 is 19.7 Å². The minimum absolute atomic E-state index is 0.0318. The summed E-state index contributed by atoms with van der Waals surface area (Å²) in [5, 5.41) is 2.76. The number of rotatable bonds is 9. The molecular formula is C27H26FN3O5. The molecular weight excluding hydrogens is 465 g/mol. The summed E-state index contributed by atoms with van der Waals surface area (Å²) in [4.78, 5) is 42.0. The van der Waals surface area contributed by atoms with E-state index in [-0.39, 0.29) is 13.0 Å². The number of nitrogens with zero attached hydrogens (tertiary/aromatic N) is 2. The minimum atomic E-state index is -1.06. The van der Waals surface area contributed by atoms with Crippen LogP contribution in [0, 0.1) is 5.82 Å². The molecule has 0 aliphatic carbocycles. The lowest BCUT2D eigenvalue weighted by atomic mass is 10.1. The van der Waals surface area contributed by atoms with Crippen LogP contribution in [0.4, 0.5) is 20.6 Å². The Hall–Kier alpha value is -4.40. The van der Waals surface area contributed by atoms with Crippen molar-refractivity contribution in [3.05, 3.63) is 84.2 Å². The van der Waals surface area contributed by atoms with Crippen molar-refractivity contribution in [2.24, 2.45) is 0 Å². The number of hydrogen-bond donors (Lipinski definition) is 1. The molecule has 3 aromatic rings. The quantitative estimate of drug-likeness (QED) is 0.442. The Balaban J connectivity index is 1.57. The zero-order valence-electron chi connectivity index (χ0n) is 19.9. The predicted molar refractivity (Wildman–Crippen MR) is 132 cm³/mol. The monoisotopic (exact) mass is 491 g/mol. The number of imide groups is 1. The van der Waals surface area contributed by atoms with Crippen LogP contribution in [0.2, 0.25) is 0 Å². The summed E-state index contributed by atoms with van der Waals surface area (Å²) in [6.45, 7) is 2.37. The molecule has 0 saturated carbocycles. The first-order chi connectivity index (χ1) is 17.4. The highest BCUT2D eigenvalue weighted by molar-refractivity contribution is 6.22. The van der Waals surface area contributed by atoms with Crippen LogP contribution in [0.3, 0.4) is 0 Å². The number of nitrogens with one attached hydrogen (secondary N) is 1. The lowest BCUT2D eigenvalue weighted by Gasteiger charge is -2.21. The molecule has 1 aliphatic rings. The summed E-state index contributed by atoms with van der Waals surface area (Å²) in [5.74, 6) is -0.193. The number of halogens is 1. The summed E-state index contributed by atoms with van der Waals surface area (Å²) < 4.78 is 24.3. The van der Waals surface area contributed by atoms with Gasteiger partial charge in [-0.1, -0.05) is 12.1 Å². The zero-order valence-corrected chi connectivity index (χ0v) is 19.9. The van der Waals surface area contributed by atoms with Gasteiger partial charge in [-0.15, -0.1) is 0 Å². The first-order valence-electron chi connectivity index (χ1n) is 11.5. The van der Waals surface area contributed by atoms with Gasteiger partial charge in [0.05, 0.1) is 25.8 Å². The van der Waals surface area contributed by atoms with Gasteiger partial charge in [0.25, 0.3) is 5.91 Å². The molecule has 1 saturated heterocycles. The normalized spacial score (nSPS) is 15.2. The highest BCUT2D eigenvalue weighted by atomic mass is 19.1. The molecule has 4 rings (SSSR count). The number of benzene rings is 3. The first kappa shape index (κ1) is 24.7. The van der Waals surface area contributed by atoms with Gasteiger partial charge < -0.3 is 19.7 Å². The van der Waals surface area contributed by atoms with Crippen molar-refractivity contribution in [2.45, 2.75) is 25.9 Å². The van der Waals surface area contributed by atoms with Crippen molar-refractivity contribution in [2.75, 3.05) is 23.9 Å². The Morgan fingerprint density at radius 3 is 2.33 bits per heavy atom. The Kier molecular flexibility index (Phi) is 7.48. The molecule has 0 radical (unpaired) electrons. The molecule has 1 heterocycles. The third-order valence-electron chi connectivity index (χ3n) is 5.72. The van der Waals surface area contributed by atoms with Crippen molar-refractivity contribution in [1.82, 2.24) is 4.90 Å². The standard InChI is InChI=1S/C27H26FN3O5/c1-3-36-23-11-7-20(8-12-23)29-25(32)16-24-26(33)31(21-9-13-22(35-2)14-10-21)27(34)30(24)17-18-5-4-6-19(28)15-18/h4-15,24H,3,16-17H2,1-2H3,(H,29,32). The third-order valence-corrected chi connectivity index (χ3v) is 5.72. The van der Waals surface area contributed by atoms with Crippen molar-refractivity contribution in [3.63, 3.8) is 0 Å². The van der Waals surface area contributed by atoms with Crippen molar-refractivity contribution in [3.8, 4) is 11.5 Å². The molecule has 4 amide bonds. The number of methoxy groups -OCH3 is 1. The fraction of sp³-hybridized carbons (Fsp3) is 0.222. The summed E-state index contributed by atoms with van der Waals surface area (Å²) in [5.41, 5.74) is 1.39. The number of urea groups is 1. The average molecular weight is 492 g/mol. The van der Waals surface area contributed by atoms with E-state index in [1.807, 2.05) is 6.92 Å². The Labute approximate surface area is 208 Å². The first-order valence-corrected chi connectivity index (χ1v) is 11.5. The van der Waals surface area contributed by atoms with Gasteiger partial charge in [0.1, 0.15) is 23.4 Å². The number of anilines is 2. The SMILES string of the molecule is CCOc1ccc(NC(=O)CC2C(=O)N(c3ccc(OC)cc3)C(=O)N2Cc2cccc(F)c2)cc1. The van der Waals surface area contributed by atoms with Crippen LogP contribution in [0.1, 0.15) is 18.9 Å². The second-order valence-corrected chi connectivity index (χ2v) is 8.14. The molecule has 3 aromatic carbocycles. The van der Waals surface area contributed by atoms with Crippen LogP contribution in [-0.4, -0.2) is 42.5 Å². The van der Waals surface area contributed by atoms with Gasteiger partial charge in [0, 0.05) is 12.2 Å². The minimum Gasteiger partial charge on any atom is -0.497 e. The van der Waals surface area contributed by atoms with E-state index < -0.39 is 29.7 Å². The van der Waals surface area contributed by atoms with Crippen LogP contribution in [0.5, 0.6) is 11.5 Å². The van der Waals surface area contributed by atoms with E-state index in [4.69, 9.17) is 9.47 Å². The van der Waals surface area contributed by atoms with E-state index in [2.05, 4.69) is 5.32 Å². The molecule has 186 valence electrons. The smallest absolute Gasteiger partial charge is 0.332 e. The Bertz CT molecular complexity index is 1250. The second-order valence-electron chi connectivity index (χ2n) is 8.14. The molecule has 36 heavy (non-hydrogen) atoms.